The molecule has 0 spiro atoms. The lowest BCUT2D eigenvalue weighted by Gasteiger charge is -2.26. The molecule has 1 aliphatic heterocycles. The Morgan fingerprint density at radius 3 is 2.60 bits per heavy atom. The molecule has 3 atom stereocenters. The highest BCUT2D eigenvalue weighted by atomic mass is 15.2. The van der Waals surface area contributed by atoms with Gasteiger partial charge in [-0.05, 0) is 48.9 Å². The molecule has 4 rings (SSSR count). The molecule has 0 bridgehead atoms. The lowest BCUT2D eigenvalue weighted by Crippen LogP contribution is -2.29. The van der Waals surface area contributed by atoms with E-state index in [1.807, 2.05) is 0 Å². The van der Waals surface area contributed by atoms with Gasteiger partial charge in [0.15, 0.2) is 0 Å². The molecule has 2 aromatic carbocycles. The normalized spacial score (nSPS) is 28.4. The quantitative estimate of drug-likeness (QED) is 0.795. The standard InChI is InChI=1S/C19H21N/c1-20-17(11-14-7-3-2-4-8-14)13-16-12-15-9-5-6-10-18(15)19(16)20/h2-10,16-17,19H,11-13H2,1H3. The summed E-state index contributed by atoms with van der Waals surface area (Å²) in [4.78, 5) is 2.63. The van der Waals surface area contributed by atoms with Crippen LogP contribution in [0.15, 0.2) is 54.6 Å². The predicted octanol–water partition coefficient (Wildman–Crippen LogP) is 3.85. The van der Waals surface area contributed by atoms with Crippen molar-refractivity contribution in [2.45, 2.75) is 31.3 Å². The van der Waals surface area contributed by atoms with Crippen molar-refractivity contribution in [3.8, 4) is 0 Å². The van der Waals surface area contributed by atoms with E-state index in [4.69, 9.17) is 0 Å². The molecule has 1 nitrogen and oxygen atoms in total. The third-order valence-electron chi connectivity index (χ3n) is 5.21. The first-order chi connectivity index (χ1) is 9.83. The van der Waals surface area contributed by atoms with Crippen LogP contribution in [0.5, 0.6) is 0 Å². The van der Waals surface area contributed by atoms with E-state index in [9.17, 15) is 0 Å². The maximum atomic E-state index is 2.63. The Balaban J connectivity index is 1.57. The number of benzene rings is 2. The van der Waals surface area contributed by atoms with E-state index in [0.717, 1.165) is 5.92 Å². The zero-order valence-electron chi connectivity index (χ0n) is 12.0. The summed E-state index contributed by atoms with van der Waals surface area (Å²) >= 11 is 0. The van der Waals surface area contributed by atoms with Gasteiger partial charge in [0.1, 0.15) is 0 Å². The highest BCUT2D eigenvalue weighted by Crippen LogP contribution is 2.48. The van der Waals surface area contributed by atoms with Gasteiger partial charge in [-0.1, -0.05) is 54.6 Å². The van der Waals surface area contributed by atoms with Crippen LogP contribution in [0.2, 0.25) is 0 Å². The molecule has 1 aliphatic carbocycles. The van der Waals surface area contributed by atoms with Crippen LogP contribution in [0.3, 0.4) is 0 Å². The van der Waals surface area contributed by atoms with Crippen LogP contribution in [0.25, 0.3) is 0 Å². The Labute approximate surface area is 121 Å². The van der Waals surface area contributed by atoms with Gasteiger partial charge in [0.2, 0.25) is 0 Å². The van der Waals surface area contributed by atoms with Crippen molar-refractivity contribution in [3.63, 3.8) is 0 Å². The molecule has 1 saturated heterocycles. The minimum Gasteiger partial charge on any atom is -0.296 e. The predicted molar refractivity (Wildman–Crippen MR) is 82.7 cm³/mol. The number of nitrogens with zero attached hydrogens (tertiary/aromatic N) is 1. The molecule has 1 heteroatoms. The molecular formula is C19H21N. The summed E-state index contributed by atoms with van der Waals surface area (Å²) in [5, 5.41) is 0. The Morgan fingerprint density at radius 1 is 1.00 bits per heavy atom. The fraction of sp³-hybridized carbons (Fsp3) is 0.368. The summed E-state index contributed by atoms with van der Waals surface area (Å²) in [7, 11) is 2.32. The number of hydrogen-bond donors (Lipinski definition) is 0. The molecular weight excluding hydrogens is 242 g/mol. The first-order valence-electron chi connectivity index (χ1n) is 7.66. The second kappa shape index (κ2) is 4.75. The SMILES string of the molecule is CN1C(Cc2ccccc2)CC2Cc3ccccc3C21. The smallest absolute Gasteiger partial charge is 0.0382 e. The number of hydrogen-bond acceptors (Lipinski definition) is 1. The molecule has 1 heterocycles. The van der Waals surface area contributed by atoms with Gasteiger partial charge in [-0.2, -0.15) is 0 Å². The van der Waals surface area contributed by atoms with E-state index >= 15 is 0 Å². The summed E-state index contributed by atoms with van der Waals surface area (Å²) in [6, 6.07) is 21.3. The van der Waals surface area contributed by atoms with Crippen molar-refractivity contribution in [3.05, 3.63) is 71.3 Å². The molecule has 2 aliphatic rings. The van der Waals surface area contributed by atoms with E-state index in [-0.39, 0.29) is 0 Å². The van der Waals surface area contributed by atoms with Gasteiger partial charge in [-0.15, -0.1) is 0 Å². The third-order valence-corrected chi connectivity index (χ3v) is 5.21. The largest absolute Gasteiger partial charge is 0.296 e. The fourth-order valence-corrected chi connectivity index (χ4v) is 4.28. The average Bonchev–Trinajstić information content (AvgIpc) is 2.98. The average molecular weight is 263 g/mol. The molecule has 0 amide bonds. The summed E-state index contributed by atoms with van der Waals surface area (Å²) in [5.74, 6) is 0.825. The first-order valence-corrected chi connectivity index (χ1v) is 7.66. The van der Waals surface area contributed by atoms with Gasteiger partial charge in [0.25, 0.3) is 0 Å². The van der Waals surface area contributed by atoms with Crippen molar-refractivity contribution in [2.75, 3.05) is 7.05 Å². The molecule has 1 fully saturated rings. The van der Waals surface area contributed by atoms with Gasteiger partial charge in [0.05, 0.1) is 0 Å². The zero-order chi connectivity index (χ0) is 13.5. The number of likely N-dealkylation sites (tertiary alicyclic amines) is 1. The van der Waals surface area contributed by atoms with Crippen LogP contribution in [-0.4, -0.2) is 18.0 Å². The molecule has 102 valence electrons. The minimum absolute atomic E-state index is 0.653. The monoisotopic (exact) mass is 263 g/mol. The van der Waals surface area contributed by atoms with E-state index in [1.165, 1.54) is 24.8 Å². The minimum atomic E-state index is 0.653. The summed E-state index contributed by atoms with van der Waals surface area (Å²) in [6.45, 7) is 0. The third kappa shape index (κ3) is 1.89. The molecule has 3 unspecified atom stereocenters. The fourth-order valence-electron chi connectivity index (χ4n) is 4.28. The Hall–Kier alpha value is -1.60. The maximum Gasteiger partial charge on any atom is 0.0382 e. The molecule has 2 aromatic rings. The van der Waals surface area contributed by atoms with Crippen molar-refractivity contribution in [2.24, 2.45) is 5.92 Å². The molecule has 0 N–H and O–H groups in total. The van der Waals surface area contributed by atoms with Gasteiger partial charge in [0, 0.05) is 12.1 Å². The van der Waals surface area contributed by atoms with Crippen molar-refractivity contribution < 1.29 is 0 Å². The van der Waals surface area contributed by atoms with Crippen LogP contribution >= 0.6 is 0 Å². The molecule has 0 radical (unpaired) electrons. The molecule has 0 saturated carbocycles. The summed E-state index contributed by atoms with van der Waals surface area (Å²) in [5.41, 5.74) is 4.63. The van der Waals surface area contributed by atoms with E-state index < -0.39 is 0 Å². The van der Waals surface area contributed by atoms with Crippen LogP contribution < -0.4 is 0 Å². The lowest BCUT2D eigenvalue weighted by molar-refractivity contribution is 0.233. The number of likely N-dealkylation sites (N-methyl/N-ethyl adjacent to an activating group) is 1. The van der Waals surface area contributed by atoms with E-state index in [0.29, 0.717) is 12.1 Å². The number of rotatable bonds is 2. The van der Waals surface area contributed by atoms with E-state index in [2.05, 4.69) is 66.5 Å². The van der Waals surface area contributed by atoms with Crippen LogP contribution in [0.1, 0.15) is 29.2 Å². The molecule has 20 heavy (non-hydrogen) atoms. The Kier molecular flexibility index (Phi) is 2.89. The molecule has 0 aromatic heterocycles. The second-order valence-corrected chi connectivity index (χ2v) is 6.35. The van der Waals surface area contributed by atoms with Crippen molar-refractivity contribution in [1.82, 2.24) is 4.90 Å². The van der Waals surface area contributed by atoms with Gasteiger partial charge >= 0.3 is 0 Å². The Morgan fingerprint density at radius 2 is 1.75 bits per heavy atom. The van der Waals surface area contributed by atoms with Crippen LogP contribution in [0, 0.1) is 5.92 Å². The van der Waals surface area contributed by atoms with Crippen LogP contribution in [0.4, 0.5) is 0 Å². The Bertz CT molecular complexity index is 604. The summed E-state index contributed by atoms with van der Waals surface area (Å²) < 4.78 is 0. The first kappa shape index (κ1) is 12.2. The topological polar surface area (TPSA) is 3.24 Å². The zero-order valence-corrected chi connectivity index (χ0v) is 12.0. The lowest BCUT2D eigenvalue weighted by atomic mass is 9.97. The summed E-state index contributed by atoms with van der Waals surface area (Å²) in [6.07, 6.45) is 3.80. The van der Waals surface area contributed by atoms with Crippen molar-refractivity contribution >= 4 is 0 Å². The van der Waals surface area contributed by atoms with Gasteiger partial charge < -0.3 is 0 Å². The maximum absolute atomic E-state index is 2.63. The number of fused-ring (bicyclic) bond motifs is 3. The van der Waals surface area contributed by atoms with E-state index in [1.54, 1.807) is 11.1 Å². The van der Waals surface area contributed by atoms with Crippen molar-refractivity contribution in [1.29, 1.82) is 0 Å². The highest BCUT2D eigenvalue weighted by Gasteiger charge is 2.44. The second-order valence-electron chi connectivity index (χ2n) is 6.35. The van der Waals surface area contributed by atoms with Gasteiger partial charge in [-0.25, -0.2) is 0 Å². The highest BCUT2D eigenvalue weighted by molar-refractivity contribution is 5.37. The van der Waals surface area contributed by atoms with Gasteiger partial charge in [-0.3, -0.25) is 4.90 Å². The van der Waals surface area contributed by atoms with Crippen LogP contribution in [-0.2, 0) is 12.8 Å².